The number of carbonyl (C=O) groups is 1. The lowest BCUT2D eigenvalue weighted by atomic mass is 9.95. The third-order valence-electron chi connectivity index (χ3n) is 10.1. The van der Waals surface area contributed by atoms with Gasteiger partial charge in [-0.05, 0) is 26.0 Å². The van der Waals surface area contributed by atoms with Crippen molar-refractivity contribution in [3.05, 3.63) is 63.4 Å². The van der Waals surface area contributed by atoms with Crippen molar-refractivity contribution in [3.8, 4) is 0 Å². The molecule has 27 nitrogen and oxygen atoms in total. The minimum Gasteiger partial charge on any atom is -0.394 e. The number of H-pyrrole nitrogens is 1. The molecule has 2 amide bonds. The Hall–Kier alpha value is -3.53. The number of phosphoric ester groups is 1. The molecule has 0 radical (unpaired) electrons. The Morgan fingerprint density at radius 3 is 2.21 bits per heavy atom. The van der Waals surface area contributed by atoms with Crippen LogP contribution in [0.3, 0.4) is 0 Å². The maximum absolute atomic E-state index is 12.6. The molecule has 0 aromatic carbocycles. The number of rotatable bonds is 11. The molecule has 5 aliphatic heterocycles. The first-order chi connectivity index (χ1) is 28.3. The highest BCUT2D eigenvalue weighted by atomic mass is 31.3. The molecule has 61 heavy (non-hydrogen) atoms. The molecule has 3 unspecified atom stereocenters. The number of hydrogen-bond donors (Lipinski definition) is 12. The van der Waals surface area contributed by atoms with E-state index in [1.807, 2.05) is 6.07 Å². The number of aliphatic hydroxyl groups is 5. The Labute approximate surface area is 344 Å². The molecule has 10 atom stereocenters. The van der Waals surface area contributed by atoms with Crippen molar-refractivity contribution in [3.63, 3.8) is 0 Å². The quantitative estimate of drug-likeness (QED) is 0.0968. The number of phosphoric acid groups is 3. The predicted octanol–water partition coefficient (Wildman–Crippen LogP) is -3.63. The fourth-order valence-electron chi connectivity index (χ4n) is 7.12. The van der Waals surface area contributed by atoms with E-state index in [9.17, 15) is 58.6 Å². The number of amides is 2. The van der Waals surface area contributed by atoms with Gasteiger partial charge in [-0.1, -0.05) is 6.58 Å². The molecule has 7 heterocycles. The molecule has 12 N–H and O–H groups in total. The van der Waals surface area contributed by atoms with Gasteiger partial charge in [-0.2, -0.15) is 8.62 Å². The molecule has 338 valence electrons. The van der Waals surface area contributed by atoms with Crippen molar-refractivity contribution >= 4 is 47.2 Å². The standard InChI is InChI=1S/C17H25N5O5.C14H20N3O14P3/c1-17(26)13(24)12(9-23)27-15(17)22-8-10-11(21-6-4-18-5-7-21)2-3-19-14(10)20-16(22)25;1-7-15-12-8(3-4-10(18)16-12)5-17(7)13-14(2,20)11(19)9(29-13)6-28-33(24,25)31-34(26,27)30-32(21,22)23/h2-3,12-13,15,18,23-24,26H,4-9H2,1H3,(H,19,20,25);3-5,9,11,13,19-20H,1,6H2,2H3,(H,24,25)(H,26,27)(H,15,16,18)(H2,21,22,23)/t12-,13-,15-,17-;9-,11-,13?,14-/m11/s1. The molecule has 2 aromatic rings. The van der Waals surface area contributed by atoms with Crippen molar-refractivity contribution < 1.29 is 86.2 Å². The number of carbonyl (C=O) groups excluding carboxylic acids is 1. The number of aromatic nitrogens is 2. The Morgan fingerprint density at radius 1 is 0.934 bits per heavy atom. The van der Waals surface area contributed by atoms with Gasteiger partial charge in [-0.3, -0.25) is 19.5 Å². The SMILES string of the molecule is C=C1N=c2[nH]c(=O)ccc2=CN1C1O[C@H](COP(=O)(O)OP(=O)(O)OP(=O)(O)O)[C@@H](O)[C@@]1(C)O.C[C@@]1(O)[C@H](O)[C@@H](CO)O[C@H]1N1Cc2c(N3CCNCC3)ccnc2NC1=O. The molecular weight excluding hydrogens is 881 g/mol. The van der Waals surface area contributed by atoms with Crippen molar-refractivity contribution in [2.24, 2.45) is 4.99 Å². The first kappa shape index (κ1) is 47.0. The van der Waals surface area contributed by atoms with Gasteiger partial charge in [0.2, 0.25) is 5.56 Å². The van der Waals surface area contributed by atoms with E-state index < -0.39 is 96.3 Å². The first-order valence-electron chi connectivity index (χ1n) is 18.1. The molecule has 3 fully saturated rings. The monoisotopic (exact) mass is 926 g/mol. The summed E-state index contributed by atoms with van der Waals surface area (Å²) in [6.07, 6.45) is -4.89. The Balaban J connectivity index is 0.000000209. The van der Waals surface area contributed by atoms with Crippen LogP contribution < -0.4 is 31.8 Å². The van der Waals surface area contributed by atoms with Gasteiger partial charge in [0.25, 0.3) is 0 Å². The van der Waals surface area contributed by atoms with Crippen LogP contribution in [0.25, 0.3) is 6.20 Å². The number of piperazine rings is 1. The van der Waals surface area contributed by atoms with Crippen LogP contribution in [0.5, 0.6) is 0 Å². The van der Waals surface area contributed by atoms with Crippen LogP contribution in [0.15, 0.2) is 46.6 Å². The summed E-state index contributed by atoms with van der Waals surface area (Å²) in [7, 11) is -16.8. The number of nitrogens with one attached hydrogen (secondary N) is 3. The molecule has 5 aliphatic rings. The van der Waals surface area contributed by atoms with Gasteiger partial charge >= 0.3 is 29.5 Å². The summed E-state index contributed by atoms with van der Waals surface area (Å²) >= 11 is 0. The first-order valence-corrected chi connectivity index (χ1v) is 22.6. The second kappa shape index (κ2) is 17.6. The molecule has 7 rings (SSSR count). The normalized spacial score (nSPS) is 32.0. The van der Waals surface area contributed by atoms with E-state index in [4.69, 9.17) is 19.3 Å². The fraction of sp³-hybridized carbons (Fsp3) is 0.548. The van der Waals surface area contributed by atoms with Gasteiger partial charge in [0.05, 0.1) is 19.8 Å². The average molecular weight is 927 g/mol. The number of ether oxygens (including phenoxy) is 2. The lowest BCUT2D eigenvalue weighted by molar-refractivity contribution is -0.120. The summed E-state index contributed by atoms with van der Waals surface area (Å²) < 4.78 is 56.8. The van der Waals surface area contributed by atoms with Crippen molar-refractivity contribution in [2.75, 3.05) is 49.6 Å². The van der Waals surface area contributed by atoms with E-state index in [0.29, 0.717) is 11.0 Å². The Bertz CT molecular complexity index is 2340. The second-order valence-electron chi connectivity index (χ2n) is 14.6. The lowest BCUT2D eigenvalue weighted by Crippen LogP contribution is -2.57. The second-order valence-corrected chi connectivity index (χ2v) is 19.0. The van der Waals surface area contributed by atoms with Gasteiger partial charge in [-0.25, -0.2) is 28.5 Å². The summed E-state index contributed by atoms with van der Waals surface area (Å²) in [6, 6.07) is 4.11. The smallest absolute Gasteiger partial charge is 0.394 e. The molecule has 0 bridgehead atoms. The summed E-state index contributed by atoms with van der Waals surface area (Å²) in [5.74, 6) is 0.490. The van der Waals surface area contributed by atoms with Gasteiger partial charge in [0.1, 0.15) is 52.7 Å². The summed E-state index contributed by atoms with van der Waals surface area (Å²) in [6.45, 7) is 8.45. The lowest BCUT2D eigenvalue weighted by Gasteiger charge is -2.40. The van der Waals surface area contributed by atoms with E-state index in [1.54, 1.807) is 6.20 Å². The summed E-state index contributed by atoms with van der Waals surface area (Å²) in [5, 5.41) is 58.1. The Kier molecular flexibility index (Phi) is 13.5. The van der Waals surface area contributed by atoms with Gasteiger partial charge in [0, 0.05) is 61.1 Å². The van der Waals surface area contributed by atoms with Crippen LogP contribution in [0.1, 0.15) is 19.4 Å². The summed E-state index contributed by atoms with van der Waals surface area (Å²) in [4.78, 5) is 75.6. The molecule has 0 aliphatic carbocycles. The molecule has 2 aromatic heterocycles. The van der Waals surface area contributed by atoms with E-state index in [-0.39, 0.29) is 17.9 Å². The molecular formula is C31H45N8O19P3. The minimum atomic E-state index is -5.73. The third kappa shape index (κ3) is 10.3. The van der Waals surface area contributed by atoms with Gasteiger partial charge < -0.3 is 74.7 Å². The number of fused-ring (bicyclic) bond motifs is 2. The fourth-order valence-corrected chi connectivity index (χ4v) is 10.1. The molecule has 0 saturated carbocycles. The third-order valence-corrected chi connectivity index (χ3v) is 13.9. The van der Waals surface area contributed by atoms with E-state index in [2.05, 4.69) is 50.2 Å². The molecule has 3 saturated heterocycles. The number of anilines is 2. The van der Waals surface area contributed by atoms with Crippen LogP contribution in [0, 0.1) is 0 Å². The maximum Gasteiger partial charge on any atom is 0.490 e. The van der Waals surface area contributed by atoms with Gasteiger partial charge in [0.15, 0.2) is 12.5 Å². The van der Waals surface area contributed by atoms with Crippen LogP contribution in [-0.4, -0.2) is 158 Å². The number of urea groups is 1. The van der Waals surface area contributed by atoms with E-state index in [1.165, 1.54) is 42.0 Å². The van der Waals surface area contributed by atoms with E-state index >= 15 is 0 Å². The minimum absolute atomic E-state index is 0.000334. The largest absolute Gasteiger partial charge is 0.490 e. The number of nitrogens with zero attached hydrogens (tertiary/aromatic N) is 5. The highest BCUT2D eigenvalue weighted by molar-refractivity contribution is 7.66. The van der Waals surface area contributed by atoms with Crippen LogP contribution in [-0.2, 0) is 42.9 Å². The molecule has 30 heteroatoms. The van der Waals surface area contributed by atoms with Crippen molar-refractivity contribution in [1.82, 2.24) is 25.1 Å². The number of aliphatic hydroxyl groups excluding tert-OH is 3. The Morgan fingerprint density at radius 2 is 1.57 bits per heavy atom. The number of aromatic amines is 1. The van der Waals surface area contributed by atoms with Crippen molar-refractivity contribution in [2.45, 2.75) is 68.5 Å². The highest BCUT2D eigenvalue weighted by Gasteiger charge is 2.57. The van der Waals surface area contributed by atoms with Crippen LogP contribution in [0.2, 0.25) is 0 Å². The van der Waals surface area contributed by atoms with Gasteiger partial charge in [-0.15, -0.1) is 0 Å². The highest BCUT2D eigenvalue weighted by Crippen LogP contribution is 2.66. The van der Waals surface area contributed by atoms with Crippen molar-refractivity contribution in [1.29, 1.82) is 0 Å². The topological polar surface area (TPSA) is 388 Å². The maximum atomic E-state index is 12.6. The zero-order chi connectivity index (χ0) is 44.9. The van der Waals surface area contributed by atoms with Crippen LogP contribution >= 0.6 is 23.5 Å². The zero-order valence-electron chi connectivity index (χ0n) is 32.2. The zero-order valence-corrected chi connectivity index (χ0v) is 34.9. The number of hydrogen-bond acceptors (Lipinski definition) is 20. The molecule has 0 spiro atoms. The summed E-state index contributed by atoms with van der Waals surface area (Å²) in [5.41, 5.74) is -2.17. The average Bonchev–Trinajstić information content (AvgIpc) is 3.53. The predicted molar refractivity (Wildman–Crippen MR) is 205 cm³/mol. The van der Waals surface area contributed by atoms with Crippen LogP contribution in [0.4, 0.5) is 16.3 Å². The van der Waals surface area contributed by atoms with E-state index in [0.717, 1.165) is 37.4 Å². The number of pyridine rings is 2.